The Bertz CT molecular complexity index is 348. The average Bonchev–Trinajstić information content (AvgIpc) is 2.33. The van der Waals surface area contributed by atoms with E-state index < -0.39 is 0 Å². The van der Waals surface area contributed by atoms with Crippen LogP contribution in [0.3, 0.4) is 0 Å². The third-order valence-electron chi connectivity index (χ3n) is 3.08. The molecule has 1 fully saturated rings. The Morgan fingerprint density at radius 1 is 1.25 bits per heavy atom. The predicted molar refractivity (Wildman–Crippen MR) is 67.0 cm³/mol. The molecule has 1 aliphatic rings. The van der Waals surface area contributed by atoms with Gasteiger partial charge in [0.2, 0.25) is 0 Å². The van der Waals surface area contributed by atoms with Gasteiger partial charge in [0.15, 0.2) is 0 Å². The minimum atomic E-state index is -0.112. The van der Waals surface area contributed by atoms with Crippen LogP contribution in [-0.4, -0.2) is 5.25 Å². The smallest absolute Gasteiger partial charge is 0.137 e. The summed E-state index contributed by atoms with van der Waals surface area (Å²) in [6, 6.07) is 5.36. The topological polar surface area (TPSA) is 26.0 Å². The lowest BCUT2D eigenvalue weighted by atomic mass is 10.0. The fraction of sp³-hybridized carbons (Fsp3) is 0.538. The second kappa shape index (κ2) is 5.69. The van der Waals surface area contributed by atoms with Crippen LogP contribution in [0.25, 0.3) is 0 Å². The van der Waals surface area contributed by atoms with Crippen LogP contribution in [0.2, 0.25) is 0 Å². The van der Waals surface area contributed by atoms with Crippen molar-refractivity contribution in [1.82, 2.24) is 0 Å². The lowest BCUT2D eigenvalue weighted by Gasteiger charge is -2.21. The minimum Gasteiger partial charge on any atom is -0.326 e. The van der Waals surface area contributed by atoms with Gasteiger partial charge in [-0.15, -0.1) is 11.8 Å². The summed E-state index contributed by atoms with van der Waals surface area (Å²) in [4.78, 5) is 0.782. The molecule has 88 valence electrons. The van der Waals surface area contributed by atoms with Crippen molar-refractivity contribution in [2.45, 2.75) is 48.8 Å². The summed E-state index contributed by atoms with van der Waals surface area (Å²) < 4.78 is 13.7. The highest BCUT2D eigenvalue weighted by atomic mass is 32.2. The summed E-state index contributed by atoms with van der Waals surface area (Å²) in [7, 11) is 0. The van der Waals surface area contributed by atoms with E-state index in [4.69, 9.17) is 5.73 Å². The minimum absolute atomic E-state index is 0.112. The molecule has 0 spiro atoms. The largest absolute Gasteiger partial charge is 0.326 e. The molecule has 0 aromatic heterocycles. The first-order chi connectivity index (χ1) is 7.79. The number of hydrogen-bond donors (Lipinski definition) is 1. The number of thioether (sulfide) groups is 1. The van der Waals surface area contributed by atoms with Crippen LogP contribution in [-0.2, 0) is 6.54 Å². The molecular formula is C13H18FNS. The van der Waals surface area contributed by atoms with Crippen LogP contribution in [0.1, 0.15) is 37.7 Å². The zero-order chi connectivity index (χ0) is 11.4. The van der Waals surface area contributed by atoms with E-state index in [0.717, 1.165) is 10.5 Å². The molecule has 1 aromatic rings. The Morgan fingerprint density at radius 2 is 2.00 bits per heavy atom. The van der Waals surface area contributed by atoms with Crippen LogP contribution < -0.4 is 5.73 Å². The molecule has 0 saturated heterocycles. The molecule has 0 aliphatic heterocycles. The lowest BCUT2D eigenvalue weighted by Crippen LogP contribution is -2.08. The van der Waals surface area contributed by atoms with E-state index in [9.17, 15) is 4.39 Å². The van der Waals surface area contributed by atoms with Gasteiger partial charge in [-0.2, -0.15) is 0 Å². The first-order valence-electron chi connectivity index (χ1n) is 5.95. The van der Waals surface area contributed by atoms with Crippen molar-refractivity contribution >= 4 is 11.8 Å². The van der Waals surface area contributed by atoms with Gasteiger partial charge in [0.25, 0.3) is 0 Å². The van der Waals surface area contributed by atoms with Gasteiger partial charge >= 0.3 is 0 Å². The van der Waals surface area contributed by atoms with E-state index in [0.29, 0.717) is 11.8 Å². The Kier molecular flexibility index (Phi) is 4.24. The quantitative estimate of drug-likeness (QED) is 0.870. The first-order valence-corrected chi connectivity index (χ1v) is 6.82. The number of halogens is 1. The Labute approximate surface area is 101 Å². The Balaban J connectivity index is 2.03. The van der Waals surface area contributed by atoms with Gasteiger partial charge in [0.1, 0.15) is 5.82 Å². The van der Waals surface area contributed by atoms with E-state index in [1.807, 2.05) is 12.1 Å². The van der Waals surface area contributed by atoms with Gasteiger partial charge in [0.05, 0.1) is 0 Å². The molecule has 0 radical (unpaired) electrons. The van der Waals surface area contributed by atoms with Crippen LogP contribution in [0.5, 0.6) is 0 Å². The Hall–Kier alpha value is -0.540. The van der Waals surface area contributed by atoms with Crippen molar-refractivity contribution in [2.24, 2.45) is 5.73 Å². The number of rotatable bonds is 3. The van der Waals surface area contributed by atoms with Crippen molar-refractivity contribution in [3.63, 3.8) is 0 Å². The average molecular weight is 239 g/mol. The maximum atomic E-state index is 13.7. The second-order valence-electron chi connectivity index (χ2n) is 4.35. The highest BCUT2D eigenvalue weighted by Gasteiger charge is 2.16. The third kappa shape index (κ3) is 2.98. The summed E-state index contributed by atoms with van der Waals surface area (Å²) in [6.07, 6.45) is 6.37. The van der Waals surface area contributed by atoms with Gasteiger partial charge in [-0.25, -0.2) is 4.39 Å². The third-order valence-corrected chi connectivity index (χ3v) is 4.47. The van der Waals surface area contributed by atoms with Crippen molar-refractivity contribution in [3.8, 4) is 0 Å². The van der Waals surface area contributed by atoms with Crippen molar-refractivity contribution < 1.29 is 4.39 Å². The van der Waals surface area contributed by atoms with E-state index in [-0.39, 0.29) is 5.82 Å². The molecule has 1 nitrogen and oxygen atoms in total. The van der Waals surface area contributed by atoms with Crippen LogP contribution in [0, 0.1) is 5.82 Å². The molecule has 0 atom stereocenters. The molecule has 0 heterocycles. The molecule has 1 aromatic carbocycles. The van der Waals surface area contributed by atoms with Crippen LogP contribution in [0.15, 0.2) is 23.1 Å². The maximum Gasteiger partial charge on any atom is 0.137 e. The number of benzene rings is 1. The van der Waals surface area contributed by atoms with Gasteiger partial charge in [0, 0.05) is 16.7 Å². The molecule has 3 heteroatoms. The standard InChI is InChI=1S/C13H18FNS/c14-12-8-10(9-15)6-7-13(12)16-11-4-2-1-3-5-11/h6-8,11H,1-5,9,15H2. The Morgan fingerprint density at radius 3 is 2.62 bits per heavy atom. The summed E-state index contributed by atoms with van der Waals surface area (Å²) >= 11 is 1.69. The number of hydrogen-bond acceptors (Lipinski definition) is 2. The molecular weight excluding hydrogens is 221 g/mol. The summed E-state index contributed by atoms with van der Waals surface area (Å²) in [5.74, 6) is -0.112. The van der Waals surface area contributed by atoms with Gasteiger partial charge in [-0.3, -0.25) is 0 Å². The molecule has 1 saturated carbocycles. The van der Waals surface area contributed by atoms with Crippen molar-refractivity contribution in [3.05, 3.63) is 29.6 Å². The number of nitrogens with two attached hydrogens (primary N) is 1. The summed E-state index contributed by atoms with van der Waals surface area (Å²) in [5, 5.41) is 0.604. The van der Waals surface area contributed by atoms with Crippen LogP contribution in [0.4, 0.5) is 4.39 Å². The normalized spacial score (nSPS) is 17.6. The lowest BCUT2D eigenvalue weighted by molar-refractivity contribution is 0.514. The first kappa shape index (κ1) is 11.9. The van der Waals surface area contributed by atoms with Crippen molar-refractivity contribution in [2.75, 3.05) is 0 Å². The van der Waals surface area contributed by atoms with Crippen molar-refractivity contribution in [1.29, 1.82) is 0 Å². The molecule has 0 bridgehead atoms. The molecule has 0 unspecified atom stereocenters. The fourth-order valence-corrected chi connectivity index (χ4v) is 3.38. The van der Waals surface area contributed by atoms with Gasteiger partial charge in [-0.05, 0) is 30.5 Å². The molecule has 16 heavy (non-hydrogen) atoms. The zero-order valence-electron chi connectivity index (χ0n) is 9.42. The second-order valence-corrected chi connectivity index (χ2v) is 5.69. The molecule has 1 aliphatic carbocycles. The molecule has 2 rings (SSSR count). The summed E-state index contributed by atoms with van der Waals surface area (Å²) in [6.45, 7) is 0.408. The van der Waals surface area contributed by atoms with E-state index >= 15 is 0 Å². The molecule has 2 N–H and O–H groups in total. The fourth-order valence-electron chi connectivity index (χ4n) is 2.13. The van der Waals surface area contributed by atoms with Gasteiger partial charge < -0.3 is 5.73 Å². The van der Waals surface area contributed by atoms with Gasteiger partial charge in [-0.1, -0.05) is 25.3 Å². The SMILES string of the molecule is NCc1ccc(SC2CCCCC2)c(F)c1. The summed E-state index contributed by atoms with van der Waals surface area (Å²) in [5.41, 5.74) is 6.35. The maximum absolute atomic E-state index is 13.7. The highest BCUT2D eigenvalue weighted by molar-refractivity contribution is 8.00. The highest BCUT2D eigenvalue weighted by Crippen LogP contribution is 2.34. The molecule has 0 amide bonds. The van der Waals surface area contributed by atoms with E-state index in [1.54, 1.807) is 17.8 Å². The van der Waals surface area contributed by atoms with E-state index in [1.165, 1.54) is 32.1 Å². The zero-order valence-corrected chi connectivity index (χ0v) is 10.2. The van der Waals surface area contributed by atoms with E-state index in [2.05, 4.69) is 0 Å². The monoisotopic (exact) mass is 239 g/mol. The predicted octanol–water partition coefficient (Wildman–Crippen LogP) is 3.71. The van der Waals surface area contributed by atoms with Crippen LogP contribution >= 0.6 is 11.8 Å².